The Labute approximate surface area is 237 Å². The van der Waals surface area contributed by atoms with Crippen molar-refractivity contribution < 1.29 is 20.1 Å². The Balaban J connectivity index is 1.57. The molecule has 208 valence electrons. The van der Waals surface area contributed by atoms with Gasteiger partial charge in [-0.05, 0) is 31.4 Å². The second kappa shape index (κ2) is 13.0. The molecule has 9 nitrogen and oxygen atoms in total. The summed E-state index contributed by atoms with van der Waals surface area (Å²) in [7, 11) is 0. The van der Waals surface area contributed by atoms with Gasteiger partial charge in [0.15, 0.2) is 5.82 Å². The summed E-state index contributed by atoms with van der Waals surface area (Å²) in [6.07, 6.45) is -0.0130. The smallest absolute Gasteiger partial charge is 0.305 e. The predicted octanol–water partition coefficient (Wildman–Crippen LogP) is 5.26. The number of para-hydroxylation sites is 1. The standard InChI is InChI=1S/C32H31N5O4/c38-25(20-26(39)21-29(40)41)16-17-27-30(22-10-4-1-5-11-22)36-37(31(27)23-12-6-2-7-13-23)28-18-19-33-32(35-28)34-24-14-8-3-9-15-24/h1-15,18-19,25-26,38-39H,16-17,20-21H2,(H,40,41)(H,33,34,35)/t25-,26-/m1/s1. The lowest BCUT2D eigenvalue weighted by Crippen LogP contribution is -2.21. The predicted molar refractivity (Wildman–Crippen MR) is 157 cm³/mol. The summed E-state index contributed by atoms with van der Waals surface area (Å²) in [4.78, 5) is 20.1. The molecule has 2 heterocycles. The molecule has 2 atom stereocenters. The van der Waals surface area contributed by atoms with Crippen molar-refractivity contribution in [1.82, 2.24) is 19.7 Å². The number of carboxylic acids is 1. The number of aliphatic hydroxyl groups is 2. The lowest BCUT2D eigenvalue weighted by Gasteiger charge is -2.15. The number of aliphatic carboxylic acids is 1. The number of aromatic nitrogens is 4. The van der Waals surface area contributed by atoms with Crippen LogP contribution in [0.25, 0.3) is 28.3 Å². The minimum Gasteiger partial charge on any atom is -0.481 e. The fourth-order valence-electron chi connectivity index (χ4n) is 4.78. The summed E-state index contributed by atoms with van der Waals surface area (Å²) in [5, 5.41) is 38.0. The van der Waals surface area contributed by atoms with E-state index in [2.05, 4.69) is 10.3 Å². The SMILES string of the molecule is O=C(O)C[C@H](O)C[C@H](O)CCc1c(-c2ccccc2)nn(-c2ccnc(Nc3ccccc3)n2)c1-c1ccccc1. The third kappa shape index (κ3) is 7.02. The number of anilines is 2. The van der Waals surface area contributed by atoms with E-state index in [-0.39, 0.29) is 6.42 Å². The van der Waals surface area contributed by atoms with Crippen molar-refractivity contribution in [3.63, 3.8) is 0 Å². The van der Waals surface area contributed by atoms with Crippen LogP contribution in [0.15, 0.2) is 103 Å². The fourth-order valence-corrected chi connectivity index (χ4v) is 4.78. The number of rotatable bonds is 12. The maximum atomic E-state index is 11.0. The van der Waals surface area contributed by atoms with Crippen molar-refractivity contribution >= 4 is 17.6 Å². The molecule has 0 radical (unpaired) electrons. The van der Waals surface area contributed by atoms with Crippen LogP contribution in [0.5, 0.6) is 0 Å². The van der Waals surface area contributed by atoms with E-state index in [0.29, 0.717) is 24.6 Å². The summed E-state index contributed by atoms with van der Waals surface area (Å²) >= 11 is 0. The van der Waals surface area contributed by atoms with Crippen LogP contribution >= 0.6 is 0 Å². The van der Waals surface area contributed by atoms with Crippen molar-refractivity contribution in [1.29, 1.82) is 0 Å². The zero-order chi connectivity index (χ0) is 28.6. The molecule has 0 saturated carbocycles. The number of carboxylic acid groups (broad SMARTS) is 1. The van der Waals surface area contributed by atoms with Crippen molar-refractivity contribution in [3.05, 3.63) is 109 Å². The molecule has 2 aromatic heterocycles. The minimum atomic E-state index is -1.12. The van der Waals surface area contributed by atoms with Gasteiger partial charge in [0.2, 0.25) is 5.95 Å². The van der Waals surface area contributed by atoms with E-state index >= 15 is 0 Å². The van der Waals surface area contributed by atoms with E-state index < -0.39 is 24.6 Å². The minimum absolute atomic E-state index is 0.0256. The van der Waals surface area contributed by atoms with Gasteiger partial charge in [-0.1, -0.05) is 78.9 Å². The van der Waals surface area contributed by atoms with Crippen LogP contribution in [0.1, 0.15) is 24.8 Å². The molecule has 0 aliphatic carbocycles. The second-order valence-electron chi connectivity index (χ2n) is 9.73. The van der Waals surface area contributed by atoms with Gasteiger partial charge in [0.05, 0.1) is 30.0 Å². The average molecular weight is 550 g/mol. The highest BCUT2D eigenvalue weighted by molar-refractivity contribution is 5.76. The first-order valence-electron chi connectivity index (χ1n) is 13.4. The number of hydrogen-bond donors (Lipinski definition) is 4. The Kier molecular flexibility index (Phi) is 8.78. The largest absolute Gasteiger partial charge is 0.481 e. The Morgan fingerprint density at radius 2 is 1.46 bits per heavy atom. The molecule has 0 spiro atoms. The van der Waals surface area contributed by atoms with E-state index in [1.54, 1.807) is 16.9 Å². The van der Waals surface area contributed by atoms with Crippen molar-refractivity contribution in [2.75, 3.05) is 5.32 Å². The van der Waals surface area contributed by atoms with Gasteiger partial charge in [-0.2, -0.15) is 10.1 Å². The summed E-state index contributed by atoms with van der Waals surface area (Å²) in [6.45, 7) is 0. The first-order chi connectivity index (χ1) is 20.0. The van der Waals surface area contributed by atoms with Crippen LogP contribution < -0.4 is 5.32 Å². The zero-order valence-electron chi connectivity index (χ0n) is 22.3. The van der Waals surface area contributed by atoms with Gasteiger partial charge in [0, 0.05) is 34.6 Å². The summed E-state index contributed by atoms with van der Waals surface area (Å²) < 4.78 is 1.80. The van der Waals surface area contributed by atoms with E-state index in [1.807, 2.05) is 91.0 Å². The molecule has 5 rings (SSSR count). The Morgan fingerprint density at radius 3 is 2.12 bits per heavy atom. The van der Waals surface area contributed by atoms with Crippen LogP contribution in [-0.2, 0) is 11.2 Å². The normalized spacial score (nSPS) is 12.5. The number of aliphatic hydroxyl groups excluding tert-OH is 2. The molecule has 3 aromatic carbocycles. The van der Waals surface area contributed by atoms with Crippen LogP contribution in [-0.4, -0.2) is 53.2 Å². The van der Waals surface area contributed by atoms with E-state index in [4.69, 9.17) is 15.2 Å². The third-order valence-electron chi connectivity index (χ3n) is 6.65. The van der Waals surface area contributed by atoms with E-state index in [9.17, 15) is 15.0 Å². The van der Waals surface area contributed by atoms with Crippen LogP contribution in [0.3, 0.4) is 0 Å². The van der Waals surface area contributed by atoms with Gasteiger partial charge in [0.25, 0.3) is 0 Å². The maximum Gasteiger partial charge on any atom is 0.305 e. The number of benzene rings is 3. The summed E-state index contributed by atoms with van der Waals surface area (Å²) in [5.41, 5.74) is 5.18. The van der Waals surface area contributed by atoms with E-state index in [0.717, 1.165) is 33.8 Å². The molecule has 0 unspecified atom stereocenters. The Bertz CT molecular complexity index is 1580. The second-order valence-corrected chi connectivity index (χ2v) is 9.73. The number of carbonyl (C=O) groups is 1. The first-order valence-corrected chi connectivity index (χ1v) is 13.4. The maximum absolute atomic E-state index is 11.0. The number of nitrogens with zero attached hydrogens (tertiary/aromatic N) is 4. The first kappa shape index (κ1) is 27.7. The Hall–Kier alpha value is -4.86. The molecular formula is C32H31N5O4. The molecule has 0 bridgehead atoms. The van der Waals surface area contributed by atoms with Gasteiger partial charge >= 0.3 is 5.97 Å². The highest BCUT2D eigenvalue weighted by Crippen LogP contribution is 2.35. The lowest BCUT2D eigenvalue weighted by molar-refractivity contribution is -0.139. The average Bonchev–Trinajstić information content (AvgIpc) is 3.37. The van der Waals surface area contributed by atoms with E-state index in [1.165, 1.54) is 0 Å². The molecule has 9 heteroatoms. The summed E-state index contributed by atoms with van der Waals surface area (Å²) in [5.74, 6) is -0.110. The van der Waals surface area contributed by atoms with Gasteiger partial charge in [-0.3, -0.25) is 4.79 Å². The van der Waals surface area contributed by atoms with Crippen molar-refractivity contribution in [2.24, 2.45) is 0 Å². The van der Waals surface area contributed by atoms with Gasteiger partial charge in [-0.15, -0.1) is 0 Å². The third-order valence-corrected chi connectivity index (χ3v) is 6.65. The lowest BCUT2D eigenvalue weighted by atomic mass is 9.95. The summed E-state index contributed by atoms with van der Waals surface area (Å²) in [6, 6.07) is 31.1. The van der Waals surface area contributed by atoms with Crippen LogP contribution in [0, 0.1) is 0 Å². The number of nitrogens with one attached hydrogen (secondary N) is 1. The van der Waals surface area contributed by atoms with Crippen molar-refractivity contribution in [2.45, 2.75) is 37.9 Å². The highest BCUT2D eigenvalue weighted by Gasteiger charge is 2.24. The monoisotopic (exact) mass is 549 g/mol. The molecule has 0 aliphatic heterocycles. The zero-order valence-corrected chi connectivity index (χ0v) is 22.3. The molecule has 0 amide bonds. The Morgan fingerprint density at radius 1 is 0.829 bits per heavy atom. The van der Waals surface area contributed by atoms with Gasteiger partial charge in [-0.25, -0.2) is 9.67 Å². The topological polar surface area (TPSA) is 133 Å². The highest BCUT2D eigenvalue weighted by atomic mass is 16.4. The molecule has 0 fully saturated rings. The van der Waals surface area contributed by atoms with Gasteiger partial charge < -0.3 is 20.6 Å². The molecule has 0 saturated heterocycles. The van der Waals surface area contributed by atoms with Crippen LogP contribution in [0.2, 0.25) is 0 Å². The van der Waals surface area contributed by atoms with Crippen LogP contribution in [0.4, 0.5) is 11.6 Å². The molecule has 4 N–H and O–H groups in total. The molecular weight excluding hydrogens is 518 g/mol. The quantitative estimate of drug-likeness (QED) is 0.166. The van der Waals surface area contributed by atoms with Crippen molar-refractivity contribution in [3.8, 4) is 28.3 Å². The molecule has 5 aromatic rings. The molecule has 0 aliphatic rings. The molecule has 41 heavy (non-hydrogen) atoms. The number of hydrogen-bond acceptors (Lipinski definition) is 7. The van der Waals surface area contributed by atoms with Gasteiger partial charge in [0.1, 0.15) is 0 Å². The fraction of sp³-hybridized carbons (Fsp3) is 0.188.